The second kappa shape index (κ2) is 11.9. The average Bonchev–Trinajstić information content (AvgIpc) is 3.14. The number of amides is 5. The van der Waals surface area contributed by atoms with Crippen LogP contribution in [0.15, 0.2) is 90.0 Å². The van der Waals surface area contributed by atoms with Gasteiger partial charge in [0.1, 0.15) is 6.54 Å². The van der Waals surface area contributed by atoms with Crippen LogP contribution in [-0.4, -0.2) is 71.7 Å². The molecule has 3 aromatic carbocycles. The summed E-state index contributed by atoms with van der Waals surface area (Å²) in [4.78, 5) is 44.2. The Kier molecular flexibility index (Phi) is 8.34. The van der Waals surface area contributed by atoms with Crippen LogP contribution >= 0.6 is 0 Å². The molecule has 40 heavy (non-hydrogen) atoms. The Hall–Kier alpha value is -4.90. The molecule has 0 radical (unpaired) electrons. The van der Waals surface area contributed by atoms with Gasteiger partial charge in [0, 0.05) is 31.2 Å². The Morgan fingerprint density at radius 3 is 2.17 bits per heavy atom. The molecule has 1 aliphatic rings. The molecule has 1 atom stereocenters. The van der Waals surface area contributed by atoms with Gasteiger partial charge in [-0.2, -0.15) is 10.2 Å². The number of benzene rings is 3. The minimum atomic E-state index is -1.18. The number of nitrogens with one attached hydrogen (secondary N) is 2. The number of hydrogen-bond acceptors (Lipinski definition) is 6. The fraction of sp³-hybridized carbons (Fsp3) is 0.241. The van der Waals surface area contributed by atoms with Crippen molar-refractivity contribution < 1.29 is 19.6 Å². The number of anilines is 3. The summed E-state index contributed by atoms with van der Waals surface area (Å²) < 4.78 is 0. The normalized spacial score (nSPS) is 16.2. The molecule has 0 aliphatic carbocycles. The van der Waals surface area contributed by atoms with Crippen LogP contribution in [0.4, 0.5) is 26.7 Å². The highest BCUT2D eigenvalue weighted by Gasteiger charge is 2.56. The largest absolute Gasteiger partial charge is 0.378 e. The maximum Gasteiger partial charge on any atom is 0.347 e. The number of hydroxylamine groups is 2. The summed E-state index contributed by atoms with van der Waals surface area (Å²) in [5.74, 6) is -0.533. The zero-order valence-corrected chi connectivity index (χ0v) is 22.9. The van der Waals surface area contributed by atoms with Crippen molar-refractivity contribution >= 4 is 41.2 Å². The van der Waals surface area contributed by atoms with Crippen molar-refractivity contribution in [2.75, 3.05) is 35.8 Å². The Bertz CT molecular complexity index is 1360. The van der Waals surface area contributed by atoms with E-state index in [0.717, 1.165) is 11.3 Å². The molecule has 1 saturated heterocycles. The van der Waals surface area contributed by atoms with Crippen molar-refractivity contribution in [3.63, 3.8) is 0 Å². The van der Waals surface area contributed by atoms with Crippen molar-refractivity contribution in [1.29, 1.82) is 0 Å². The fourth-order valence-electron chi connectivity index (χ4n) is 4.49. The Morgan fingerprint density at radius 2 is 1.57 bits per heavy atom. The molecule has 1 heterocycles. The quantitative estimate of drug-likeness (QED) is 0.224. The molecule has 0 saturated carbocycles. The van der Waals surface area contributed by atoms with Crippen molar-refractivity contribution in [2.45, 2.75) is 25.6 Å². The van der Waals surface area contributed by atoms with Crippen LogP contribution in [0.2, 0.25) is 0 Å². The zero-order valence-electron chi connectivity index (χ0n) is 22.9. The Morgan fingerprint density at radius 1 is 0.975 bits per heavy atom. The first-order chi connectivity index (χ1) is 19.1. The van der Waals surface area contributed by atoms with Crippen LogP contribution < -0.4 is 20.5 Å². The predicted molar refractivity (Wildman–Crippen MR) is 154 cm³/mol. The van der Waals surface area contributed by atoms with Gasteiger partial charge in [0.15, 0.2) is 6.17 Å². The third-order valence-corrected chi connectivity index (χ3v) is 6.62. The molecule has 0 spiro atoms. The lowest BCUT2D eigenvalue weighted by Gasteiger charge is -2.38. The Labute approximate surface area is 233 Å². The first-order valence-corrected chi connectivity index (χ1v) is 12.7. The number of rotatable bonds is 8. The summed E-state index contributed by atoms with van der Waals surface area (Å²) in [6.45, 7) is 3.01. The van der Waals surface area contributed by atoms with Gasteiger partial charge in [0.2, 0.25) is 0 Å². The van der Waals surface area contributed by atoms with Crippen LogP contribution in [0.3, 0.4) is 0 Å². The van der Waals surface area contributed by atoms with Gasteiger partial charge in [-0.1, -0.05) is 48.5 Å². The minimum absolute atomic E-state index is 0.350. The van der Waals surface area contributed by atoms with Crippen LogP contribution in [0.1, 0.15) is 19.4 Å². The average molecular weight is 544 g/mol. The molecule has 3 aromatic rings. The van der Waals surface area contributed by atoms with Gasteiger partial charge in [-0.15, -0.1) is 0 Å². The molecule has 1 aliphatic heterocycles. The lowest BCUT2D eigenvalue weighted by atomic mass is 9.99. The van der Waals surface area contributed by atoms with Crippen molar-refractivity contribution in [2.24, 2.45) is 5.10 Å². The van der Waals surface area contributed by atoms with E-state index in [9.17, 15) is 19.6 Å². The van der Waals surface area contributed by atoms with Crippen LogP contribution in [0, 0.1) is 0 Å². The molecule has 3 N–H and O–H groups in total. The second-order valence-electron chi connectivity index (χ2n) is 10.0. The maximum atomic E-state index is 13.7. The zero-order chi connectivity index (χ0) is 28.9. The molecular formula is C29H33N7O4. The summed E-state index contributed by atoms with van der Waals surface area (Å²) in [6, 6.07) is 23.6. The molecule has 1 unspecified atom stereocenters. The van der Waals surface area contributed by atoms with Crippen LogP contribution in [-0.2, 0) is 4.79 Å². The molecule has 208 valence electrons. The first kappa shape index (κ1) is 28.1. The van der Waals surface area contributed by atoms with E-state index in [1.54, 1.807) is 74.5 Å². The van der Waals surface area contributed by atoms with Gasteiger partial charge in [-0.3, -0.25) is 14.9 Å². The minimum Gasteiger partial charge on any atom is -0.378 e. The molecule has 0 bridgehead atoms. The maximum absolute atomic E-state index is 13.7. The number of hydrazone groups is 1. The number of urea groups is 2. The molecule has 11 nitrogen and oxygen atoms in total. The van der Waals surface area contributed by atoms with Gasteiger partial charge < -0.3 is 15.1 Å². The van der Waals surface area contributed by atoms with E-state index in [1.165, 1.54) is 16.0 Å². The summed E-state index contributed by atoms with van der Waals surface area (Å²) in [6.07, 6.45) is 0.356. The van der Waals surface area contributed by atoms with Gasteiger partial charge >= 0.3 is 12.1 Å². The van der Waals surface area contributed by atoms with E-state index in [-0.39, 0.29) is 6.54 Å². The van der Waals surface area contributed by atoms with Gasteiger partial charge in [0.25, 0.3) is 5.91 Å². The van der Waals surface area contributed by atoms with Gasteiger partial charge in [-0.05, 0) is 55.8 Å². The van der Waals surface area contributed by atoms with Gasteiger partial charge in [0.05, 0.1) is 11.8 Å². The van der Waals surface area contributed by atoms with Crippen LogP contribution in [0.25, 0.3) is 0 Å². The second-order valence-corrected chi connectivity index (χ2v) is 10.0. The first-order valence-electron chi connectivity index (χ1n) is 12.7. The summed E-state index contributed by atoms with van der Waals surface area (Å²) >= 11 is 0. The van der Waals surface area contributed by atoms with E-state index in [2.05, 4.69) is 15.8 Å². The highest BCUT2D eigenvalue weighted by molar-refractivity contribution is 6.00. The fourth-order valence-corrected chi connectivity index (χ4v) is 4.49. The number of hydrogen-bond donors (Lipinski definition) is 3. The number of para-hydroxylation sites is 2. The Balaban J connectivity index is 1.52. The number of carbonyl (C=O) groups is 3. The molecule has 1 fully saturated rings. The molecule has 11 heteroatoms. The van der Waals surface area contributed by atoms with Crippen molar-refractivity contribution in [3.8, 4) is 0 Å². The monoisotopic (exact) mass is 543 g/mol. The SMILES string of the molecule is CN(C)c1ccc(/C=N\NC(=O)CN2C(=O)N(c3ccccc3)C(N(O)C(=O)Nc3ccccc3)C2(C)C)cc1. The third kappa shape index (κ3) is 6.05. The summed E-state index contributed by atoms with van der Waals surface area (Å²) in [7, 11) is 3.89. The standard InChI is InChI=1S/C29H33N7O4/c1-29(2)26(36(40)27(38)31-22-11-7-5-8-12-22)35(24-13-9-6-10-14-24)28(39)34(29)20-25(37)32-30-19-21-15-17-23(18-16-21)33(3)4/h5-19,26,40H,20H2,1-4H3,(H,31,38)(H,32,37)/b30-19-. The number of carbonyl (C=O) groups excluding carboxylic acids is 3. The van der Waals surface area contributed by atoms with E-state index < -0.39 is 29.7 Å². The number of nitrogens with zero attached hydrogens (tertiary/aromatic N) is 5. The third-order valence-electron chi connectivity index (χ3n) is 6.62. The molecule has 4 rings (SSSR count). The lowest BCUT2D eigenvalue weighted by Crippen LogP contribution is -2.58. The van der Waals surface area contributed by atoms with E-state index >= 15 is 0 Å². The predicted octanol–water partition coefficient (Wildman–Crippen LogP) is 4.17. The van der Waals surface area contributed by atoms with E-state index in [0.29, 0.717) is 16.4 Å². The van der Waals surface area contributed by atoms with E-state index in [4.69, 9.17) is 0 Å². The topological polar surface area (TPSA) is 121 Å². The lowest BCUT2D eigenvalue weighted by molar-refractivity contribution is -0.124. The summed E-state index contributed by atoms with van der Waals surface area (Å²) in [5.41, 5.74) is 4.04. The van der Waals surface area contributed by atoms with Crippen LogP contribution in [0.5, 0.6) is 0 Å². The van der Waals surface area contributed by atoms with E-state index in [1.807, 2.05) is 43.3 Å². The highest BCUT2D eigenvalue weighted by atomic mass is 16.5. The van der Waals surface area contributed by atoms with Crippen molar-refractivity contribution in [3.05, 3.63) is 90.5 Å². The molecular weight excluding hydrogens is 510 g/mol. The smallest absolute Gasteiger partial charge is 0.347 e. The van der Waals surface area contributed by atoms with Gasteiger partial charge in [-0.25, -0.2) is 15.0 Å². The molecule has 5 amide bonds. The molecule has 0 aromatic heterocycles. The van der Waals surface area contributed by atoms with Crippen molar-refractivity contribution in [1.82, 2.24) is 15.4 Å². The summed E-state index contributed by atoms with van der Waals surface area (Å²) in [5, 5.41) is 18.3. The highest BCUT2D eigenvalue weighted by Crippen LogP contribution is 2.37.